The molecule has 0 aliphatic carbocycles. The quantitative estimate of drug-likeness (QED) is 0.460. The molecule has 3 heterocycles. The number of nitrogens with one attached hydrogen (secondary N) is 3. The summed E-state index contributed by atoms with van der Waals surface area (Å²) in [6, 6.07) is 12.2. The van der Waals surface area contributed by atoms with E-state index in [-0.39, 0.29) is 5.91 Å². The Morgan fingerprint density at radius 3 is 2.93 bits per heavy atom. The second kappa shape index (κ2) is 5.84. The lowest BCUT2D eigenvalue weighted by Crippen LogP contribution is -2.16. The maximum atomic E-state index is 12.7. The Balaban J connectivity index is 1.65. The molecule has 3 N–H and O–H groups in total. The number of hydrogen-bond acceptors (Lipinski definition) is 3. The fourth-order valence-electron chi connectivity index (χ4n) is 3.41. The Morgan fingerprint density at radius 1 is 1.15 bits per heavy atom. The van der Waals surface area contributed by atoms with Crippen LogP contribution < -0.4 is 5.32 Å². The molecule has 5 rings (SSSR count). The second-order valence-corrected chi connectivity index (χ2v) is 6.42. The molecule has 0 saturated carbocycles. The number of carbonyl (C=O) groups is 1. The predicted molar refractivity (Wildman–Crippen MR) is 105 cm³/mol. The minimum atomic E-state index is -0.262. The van der Waals surface area contributed by atoms with Gasteiger partial charge in [0.15, 0.2) is 5.82 Å². The number of carbonyl (C=O) groups excluding carboxylic acids is 1. The van der Waals surface area contributed by atoms with E-state index in [1.165, 1.54) is 0 Å². The molecule has 0 radical (unpaired) electrons. The molecule has 2 aromatic carbocycles. The molecule has 0 spiro atoms. The molecule has 27 heavy (non-hydrogen) atoms. The second-order valence-electron chi connectivity index (χ2n) is 6.42. The van der Waals surface area contributed by atoms with Crippen LogP contribution in [0.3, 0.4) is 0 Å². The van der Waals surface area contributed by atoms with Crippen molar-refractivity contribution in [3.63, 3.8) is 0 Å². The zero-order valence-electron chi connectivity index (χ0n) is 14.5. The topological polar surface area (TPSA) is 91.4 Å². The summed E-state index contributed by atoms with van der Waals surface area (Å²) in [5.74, 6) is 0.0896. The molecule has 1 amide bonds. The van der Waals surface area contributed by atoms with Gasteiger partial charge in [0.1, 0.15) is 0 Å². The Labute approximate surface area is 154 Å². The number of nitrogens with zero attached hydrogens (tertiary/aromatic N) is 3. The average molecular weight is 356 g/mol. The van der Waals surface area contributed by atoms with Crippen LogP contribution in [-0.4, -0.2) is 30.6 Å². The van der Waals surface area contributed by atoms with Gasteiger partial charge >= 0.3 is 0 Å². The van der Waals surface area contributed by atoms with Gasteiger partial charge in [0.25, 0.3) is 5.91 Å². The van der Waals surface area contributed by atoms with Crippen LogP contribution in [0.1, 0.15) is 10.6 Å². The van der Waals surface area contributed by atoms with Crippen molar-refractivity contribution in [2.75, 3.05) is 5.32 Å². The van der Waals surface area contributed by atoms with Crippen LogP contribution in [-0.2, 0) is 7.05 Å². The first-order valence-corrected chi connectivity index (χ1v) is 8.53. The molecular weight excluding hydrogens is 340 g/mol. The fraction of sp³-hybridized carbons (Fsp3) is 0.0500. The van der Waals surface area contributed by atoms with E-state index in [1.54, 1.807) is 30.2 Å². The number of imidazole rings is 1. The third-order valence-corrected chi connectivity index (χ3v) is 4.74. The molecule has 5 aromatic rings. The summed E-state index contributed by atoms with van der Waals surface area (Å²) >= 11 is 0. The summed E-state index contributed by atoms with van der Waals surface area (Å²) in [4.78, 5) is 20.0. The van der Waals surface area contributed by atoms with Gasteiger partial charge in [-0.25, -0.2) is 4.98 Å². The fourth-order valence-corrected chi connectivity index (χ4v) is 3.41. The summed E-state index contributed by atoms with van der Waals surface area (Å²) in [7, 11) is 1.79. The third kappa shape index (κ3) is 2.48. The maximum Gasteiger partial charge on any atom is 0.291 e. The number of benzene rings is 2. The number of anilines is 1. The van der Waals surface area contributed by atoms with Crippen molar-refractivity contribution >= 4 is 33.4 Å². The van der Waals surface area contributed by atoms with Crippen molar-refractivity contribution in [3.05, 3.63) is 67.0 Å². The molecule has 3 aromatic heterocycles. The van der Waals surface area contributed by atoms with Crippen LogP contribution in [0, 0.1) is 0 Å². The van der Waals surface area contributed by atoms with Crippen LogP contribution in [0.15, 0.2) is 61.2 Å². The molecule has 0 atom stereocenters. The van der Waals surface area contributed by atoms with Gasteiger partial charge in [-0.1, -0.05) is 12.1 Å². The first-order chi connectivity index (χ1) is 13.2. The van der Waals surface area contributed by atoms with Gasteiger partial charge < -0.3 is 14.9 Å². The van der Waals surface area contributed by atoms with Crippen molar-refractivity contribution < 1.29 is 4.79 Å². The Morgan fingerprint density at radius 2 is 2.07 bits per heavy atom. The van der Waals surface area contributed by atoms with Crippen molar-refractivity contribution in [1.29, 1.82) is 0 Å². The van der Waals surface area contributed by atoms with Crippen molar-refractivity contribution in [2.45, 2.75) is 0 Å². The number of H-pyrrole nitrogens is 2. The summed E-state index contributed by atoms with van der Waals surface area (Å²) in [6.45, 7) is 0. The first kappa shape index (κ1) is 15.4. The monoisotopic (exact) mass is 356 g/mol. The summed E-state index contributed by atoms with van der Waals surface area (Å²) in [5.41, 5.74) is 4.69. The highest BCUT2D eigenvalue weighted by atomic mass is 16.2. The Kier molecular flexibility index (Phi) is 3.33. The summed E-state index contributed by atoms with van der Waals surface area (Å²) in [5, 5.41) is 12.1. The minimum Gasteiger partial charge on any atom is -0.361 e. The SMILES string of the molecule is Cn1ccnc1C(=O)Nc1cc(-c2cccc3[nH]ccc23)cc2[nH]ncc12. The van der Waals surface area contributed by atoms with Crippen LogP contribution in [0.4, 0.5) is 5.69 Å². The highest BCUT2D eigenvalue weighted by molar-refractivity contribution is 6.09. The van der Waals surface area contributed by atoms with Crippen molar-refractivity contribution in [1.82, 2.24) is 24.7 Å². The van der Waals surface area contributed by atoms with E-state index in [0.29, 0.717) is 11.5 Å². The highest BCUT2D eigenvalue weighted by Crippen LogP contribution is 2.34. The summed E-state index contributed by atoms with van der Waals surface area (Å²) < 4.78 is 1.69. The zero-order chi connectivity index (χ0) is 18.4. The number of rotatable bonds is 3. The van der Waals surface area contributed by atoms with Crippen LogP contribution in [0.5, 0.6) is 0 Å². The predicted octanol–water partition coefficient (Wildman–Crippen LogP) is 3.70. The zero-order valence-corrected chi connectivity index (χ0v) is 14.5. The lowest BCUT2D eigenvalue weighted by molar-refractivity contribution is 0.101. The number of aryl methyl sites for hydroxylation is 1. The van der Waals surface area contributed by atoms with Gasteiger partial charge in [-0.05, 0) is 35.4 Å². The maximum absolute atomic E-state index is 12.7. The molecule has 132 valence electrons. The van der Waals surface area contributed by atoms with E-state index in [0.717, 1.165) is 32.9 Å². The minimum absolute atomic E-state index is 0.262. The Hall–Kier alpha value is -3.87. The third-order valence-electron chi connectivity index (χ3n) is 4.74. The molecule has 0 bridgehead atoms. The van der Waals surface area contributed by atoms with Gasteiger partial charge in [0.05, 0.1) is 17.4 Å². The standard InChI is InChI=1S/C20H16N6O/c1-26-8-7-22-19(26)20(27)24-17-9-12(10-18-15(17)11-23-25-18)13-3-2-4-16-14(13)5-6-21-16/h2-11,21H,1H3,(H,23,25)(H,24,27). The van der Waals surface area contributed by atoms with E-state index in [2.05, 4.69) is 31.5 Å². The van der Waals surface area contributed by atoms with Crippen molar-refractivity contribution in [3.8, 4) is 11.1 Å². The van der Waals surface area contributed by atoms with E-state index < -0.39 is 0 Å². The molecule has 0 fully saturated rings. The summed E-state index contributed by atoms with van der Waals surface area (Å²) in [6.07, 6.45) is 6.98. The molecule has 7 nitrogen and oxygen atoms in total. The Bertz CT molecular complexity index is 1290. The number of fused-ring (bicyclic) bond motifs is 2. The number of hydrogen-bond donors (Lipinski definition) is 3. The van der Waals surface area contributed by atoms with E-state index in [1.807, 2.05) is 36.5 Å². The normalized spacial score (nSPS) is 11.3. The smallest absolute Gasteiger partial charge is 0.291 e. The van der Waals surface area contributed by atoms with Gasteiger partial charge in [-0.3, -0.25) is 9.89 Å². The average Bonchev–Trinajstić information content (AvgIpc) is 3.40. The number of aromatic amines is 2. The molecule has 7 heteroatoms. The number of aromatic nitrogens is 5. The van der Waals surface area contributed by atoms with Gasteiger partial charge in [0, 0.05) is 41.9 Å². The lowest BCUT2D eigenvalue weighted by Gasteiger charge is -2.10. The molecule has 0 aliphatic heterocycles. The largest absolute Gasteiger partial charge is 0.361 e. The van der Waals surface area contributed by atoms with E-state index >= 15 is 0 Å². The van der Waals surface area contributed by atoms with E-state index in [4.69, 9.17) is 0 Å². The van der Waals surface area contributed by atoms with Gasteiger partial charge in [0.2, 0.25) is 0 Å². The van der Waals surface area contributed by atoms with Crippen molar-refractivity contribution in [2.24, 2.45) is 7.05 Å². The van der Waals surface area contributed by atoms with E-state index in [9.17, 15) is 4.79 Å². The van der Waals surface area contributed by atoms with Crippen LogP contribution in [0.25, 0.3) is 32.9 Å². The lowest BCUT2D eigenvalue weighted by atomic mass is 9.99. The molecular formula is C20H16N6O. The molecule has 0 saturated heterocycles. The van der Waals surface area contributed by atoms with Crippen LogP contribution >= 0.6 is 0 Å². The highest BCUT2D eigenvalue weighted by Gasteiger charge is 2.15. The first-order valence-electron chi connectivity index (χ1n) is 8.53. The molecule has 0 aliphatic rings. The van der Waals surface area contributed by atoms with Crippen LogP contribution in [0.2, 0.25) is 0 Å². The molecule has 0 unspecified atom stereocenters. The van der Waals surface area contributed by atoms with Gasteiger partial charge in [-0.2, -0.15) is 5.10 Å². The number of amides is 1. The van der Waals surface area contributed by atoms with Gasteiger partial charge in [-0.15, -0.1) is 0 Å².